The Bertz CT molecular complexity index is 722. The lowest BCUT2D eigenvalue weighted by Gasteiger charge is -2.05. The Hall–Kier alpha value is -1.97. The fourth-order valence-electron chi connectivity index (χ4n) is 1.42. The van der Waals surface area contributed by atoms with Gasteiger partial charge in [0.1, 0.15) is 5.69 Å². The largest absolute Gasteiger partial charge is 0.375 e. The van der Waals surface area contributed by atoms with Gasteiger partial charge in [0.2, 0.25) is 10.0 Å². The van der Waals surface area contributed by atoms with E-state index in [9.17, 15) is 13.2 Å². The summed E-state index contributed by atoms with van der Waals surface area (Å²) in [4.78, 5) is 15.8. The van der Waals surface area contributed by atoms with Crippen LogP contribution in [0.3, 0.4) is 0 Å². The molecule has 0 unspecified atom stereocenters. The Balaban J connectivity index is 2.14. The van der Waals surface area contributed by atoms with Crippen LogP contribution in [0.2, 0.25) is 0 Å². The monoisotopic (exact) mass is 312 g/mol. The Labute approximate surface area is 119 Å². The van der Waals surface area contributed by atoms with E-state index in [4.69, 9.17) is 5.73 Å². The van der Waals surface area contributed by atoms with Gasteiger partial charge in [-0.2, -0.15) is 0 Å². The summed E-state index contributed by atoms with van der Waals surface area (Å²) in [5.74, 6) is -0.401. The van der Waals surface area contributed by atoms with Gasteiger partial charge in [0.25, 0.3) is 5.91 Å². The van der Waals surface area contributed by atoms with Crippen molar-refractivity contribution in [3.63, 3.8) is 0 Å². The molecule has 4 N–H and O–H groups in total. The molecular weight excluding hydrogens is 300 g/mol. The molecule has 20 heavy (non-hydrogen) atoms. The number of nitrogens with two attached hydrogens (primary N) is 1. The molecule has 0 aliphatic carbocycles. The summed E-state index contributed by atoms with van der Waals surface area (Å²) in [6.45, 7) is 0. The summed E-state index contributed by atoms with van der Waals surface area (Å²) < 4.78 is 25.3. The minimum absolute atomic E-state index is 0.121. The van der Waals surface area contributed by atoms with Crippen LogP contribution in [-0.2, 0) is 10.0 Å². The lowest BCUT2D eigenvalue weighted by atomic mass is 10.3. The number of thiazole rings is 1. The number of hydrogen-bond acceptors (Lipinski definition) is 6. The van der Waals surface area contributed by atoms with E-state index in [1.165, 1.54) is 42.6 Å². The van der Waals surface area contributed by atoms with Crippen LogP contribution >= 0.6 is 11.3 Å². The van der Waals surface area contributed by atoms with Crippen molar-refractivity contribution in [2.75, 3.05) is 18.1 Å². The van der Waals surface area contributed by atoms with Crippen LogP contribution in [-0.4, -0.2) is 26.4 Å². The third-order valence-corrected chi connectivity index (χ3v) is 4.55. The van der Waals surface area contributed by atoms with Gasteiger partial charge in [0.15, 0.2) is 5.13 Å². The van der Waals surface area contributed by atoms with Crippen molar-refractivity contribution in [1.29, 1.82) is 0 Å². The van der Waals surface area contributed by atoms with E-state index in [0.29, 0.717) is 10.8 Å². The number of sulfonamides is 1. The third-order valence-electron chi connectivity index (χ3n) is 2.45. The van der Waals surface area contributed by atoms with E-state index < -0.39 is 15.9 Å². The summed E-state index contributed by atoms with van der Waals surface area (Å²) in [6.07, 6.45) is 0. The van der Waals surface area contributed by atoms with Crippen molar-refractivity contribution < 1.29 is 13.2 Å². The van der Waals surface area contributed by atoms with Gasteiger partial charge in [0, 0.05) is 11.1 Å². The third kappa shape index (κ3) is 3.13. The molecule has 0 radical (unpaired) electrons. The molecule has 0 saturated carbocycles. The molecule has 7 nitrogen and oxygen atoms in total. The molecule has 9 heteroatoms. The quantitative estimate of drug-likeness (QED) is 0.775. The highest BCUT2D eigenvalue weighted by atomic mass is 32.2. The first-order valence-corrected chi connectivity index (χ1v) is 7.84. The predicted octanol–water partition coefficient (Wildman–Crippen LogP) is 0.886. The molecule has 0 fully saturated rings. The lowest BCUT2D eigenvalue weighted by molar-refractivity contribution is 0.102. The minimum Gasteiger partial charge on any atom is -0.375 e. The number of carbonyl (C=O) groups excluding carboxylic acids is 1. The zero-order valence-corrected chi connectivity index (χ0v) is 12.1. The number of nitrogen functional groups attached to an aromatic ring is 1. The highest BCUT2D eigenvalue weighted by molar-refractivity contribution is 7.89. The van der Waals surface area contributed by atoms with Crippen molar-refractivity contribution in [2.45, 2.75) is 4.90 Å². The molecule has 0 aliphatic heterocycles. The highest BCUT2D eigenvalue weighted by Gasteiger charge is 2.12. The van der Waals surface area contributed by atoms with Crippen molar-refractivity contribution >= 4 is 38.1 Å². The Morgan fingerprint density at radius 3 is 2.45 bits per heavy atom. The van der Waals surface area contributed by atoms with Crippen LogP contribution in [0.5, 0.6) is 0 Å². The second kappa shape index (κ2) is 5.57. The molecule has 106 valence electrons. The summed E-state index contributed by atoms with van der Waals surface area (Å²) in [7, 11) is -2.15. The molecule has 0 spiro atoms. The zero-order valence-electron chi connectivity index (χ0n) is 10.5. The van der Waals surface area contributed by atoms with Gasteiger partial charge in [0.05, 0.1) is 4.90 Å². The molecule has 1 aromatic heterocycles. The van der Waals surface area contributed by atoms with Crippen molar-refractivity contribution in [3.05, 3.63) is 35.3 Å². The number of hydrogen-bond donors (Lipinski definition) is 3. The number of nitrogens with zero attached hydrogens (tertiary/aromatic N) is 1. The van der Waals surface area contributed by atoms with Crippen LogP contribution in [0.15, 0.2) is 34.5 Å². The molecule has 1 amide bonds. The van der Waals surface area contributed by atoms with Crippen LogP contribution in [0.4, 0.5) is 10.8 Å². The lowest BCUT2D eigenvalue weighted by Crippen LogP contribution is -2.18. The average molecular weight is 312 g/mol. The Morgan fingerprint density at radius 2 is 1.95 bits per heavy atom. The SMILES string of the molecule is CNS(=O)(=O)c1ccc(NC(=O)c2csc(N)n2)cc1. The van der Waals surface area contributed by atoms with Gasteiger partial charge >= 0.3 is 0 Å². The van der Waals surface area contributed by atoms with E-state index >= 15 is 0 Å². The Morgan fingerprint density at radius 1 is 1.30 bits per heavy atom. The maximum Gasteiger partial charge on any atom is 0.275 e. The summed E-state index contributed by atoms with van der Waals surface area (Å²) in [5, 5.41) is 4.46. The van der Waals surface area contributed by atoms with Gasteiger partial charge in [-0.05, 0) is 31.3 Å². The van der Waals surface area contributed by atoms with Gasteiger partial charge in [-0.15, -0.1) is 11.3 Å². The van der Waals surface area contributed by atoms with Gasteiger partial charge < -0.3 is 11.1 Å². The van der Waals surface area contributed by atoms with Crippen molar-refractivity contribution in [3.8, 4) is 0 Å². The molecule has 0 bridgehead atoms. The van der Waals surface area contributed by atoms with E-state index in [-0.39, 0.29) is 10.6 Å². The maximum absolute atomic E-state index is 11.8. The number of nitrogens with one attached hydrogen (secondary N) is 2. The predicted molar refractivity (Wildman–Crippen MR) is 77.2 cm³/mol. The molecular formula is C11H12N4O3S2. The van der Waals surface area contributed by atoms with Crippen LogP contribution in [0, 0.1) is 0 Å². The molecule has 1 heterocycles. The van der Waals surface area contributed by atoms with Crippen LogP contribution < -0.4 is 15.8 Å². The molecule has 0 saturated heterocycles. The smallest absolute Gasteiger partial charge is 0.275 e. The van der Waals surface area contributed by atoms with Crippen LogP contribution in [0.25, 0.3) is 0 Å². The standard InChI is InChI=1S/C11H12N4O3S2/c1-13-20(17,18)8-4-2-7(3-5-8)14-10(16)9-6-19-11(12)15-9/h2-6,13H,1H3,(H2,12,15)(H,14,16). The maximum atomic E-state index is 11.8. The molecule has 2 aromatic rings. The van der Waals surface area contributed by atoms with Crippen molar-refractivity contribution in [2.24, 2.45) is 0 Å². The van der Waals surface area contributed by atoms with Gasteiger partial charge in [-0.25, -0.2) is 18.1 Å². The number of carbonyl (C=O) groups is 1. The first-order chi connectivity index (χ1) is 9.42. The number of rotatable bonds is 4. The summed E-state index contributed by atoms with van der Waals surface area (Å²) in [5.41, 5.74) is 6.14. The summed E-state index contributed by atoms with van der Waals surface area (Å²) >= 11 is 1.17. The second-order valence-electron chi connectivity index (χ2n) is 3.76. The first kappa shape index (κ1) is 14.4. The number of benzene rings is 1. The molecule has 0 aliphatic rings. The van der Waals surface area contributed by atoms with Gasteiger partial charge in [-0.3, -0.25) is 4.79 Å². The average Bonchev–Trinajstić information content (AvgIpc) is 2.86. The summed E-state index contributed by atoms with van der Waals surface area (Å²) in [6, 6.07) is 5.80. The van der Waals surface area contributed by atoms with E-state index in [1.54, 1.807) is 5.38 Å². The van der Waals surface area contributed by atoms with E-state index in [2.05, 4.69) is 15.0 Å². The normalized spacial score (nSPS) is 11.2. The number of anilines is 2. The Kier molecular flexibility index (Phi) is 4.02. The molecule has 1 aromatic carbocycles. The zero-order chi connectivity index (χ0) is 14.8. The second-order valence-corrected chi connectivity index (χ2v) is 6.53. The van der Waals surface area contributed by atoms with E-state index in [0.717, 1.165) is 0 Å². The molecule has 0 atom stereocenters. The fourth-order valence-corrected chi connectivity index (χ4v) is 2.70. The van der Waals surface area contributed by atoms with Crippen molar-refractivity contribution in [1.82, 2.24) is 9.71 Å². The first-order valence-electron chi connectivity index (χ1n) is 5.48. The topological polar surface area (TPSA) is 114 Å². The van der Waals surface area contributed by atoms with Gasteiger partial charge in [-0.1, -0.05) is 0 Å². The van der Waals surface area contributed by atoms with E-state index in [1.807, 2.05) is 0 Å². The minimum atomic E-state index is -3.48. The number of amides is 1. The highest BCUT2D eigenvalue weighted by Crippen LogP contribution is 2.16. The molecule has 2 rings (SSSR count). The van der Waals surface area contributed by atoms with Crippen LogP contribution in [0.1, 0.15) is 10.5 Å². The number of aromatic nitrogens is 1. The fraction of sp³-hybridized carbons (Fsp3) is 0.0909.